The van der Waals surface area contributed by atoms with Crippen molar-refractivity contribution in [3.63, 3.8) is 0 Å². The maximum absolute atomic E-state index is 4.43. The molecule has 0 aromatic carbocycles. The summed E-state index contributed by atoms with van der Waals surface area (Å²) >= 11 is 0. The van der Waals surface area contributed by atoms with Crippen LogP contribution in [0.1, 0.15) is 115 Å². The Hall–Kier alpha value is -2.69. The summed E-state index contributed by atoms with van der Waals surface area (Å²) in [7, 11) is 0. The maximum Gasteiger partial charge on any atom is 0.133 e. The number of aryl methyl sites for hydroxylation is 5. The Bertz CT molecular complexity index is 1080. The van der Waals surface area contributed by atoms with Gasteiger partial charge in [0.25, 0.3) is 0 Å². The third-order valence-electron chi connectivity index (χ3n) is 5.48. The second-order valence-corrected chi connectivity index (χ2v) is 12.4. The van der Waals surface area contributed by atoms with E-state index in [4.69, 9.17) is 0 Å². The van der Waals surface area contributed by atoms with Gasteiger partial charge in [-0.25, -0.2) is 9.97 Å². The fourth-order valence-corrected chi connectivity index (χ4v) is 3.07. The molecule has 0 atom stereocenters. The highest BCUT2D eigenvalue weighted by Gasteiger charge is 2.18. The molecule has 0 bridgehead atoms. The largest absolute Gasteiger partial charge is 0.261 e. The van der Waals surface area contributed by atoms with Crippen molar-refractivity contribution in [3.8, 4) is 0 Å². The molecule has 0 aliphatic rings. The summed E-state index contributed by atoms with van der Waals surface area (Å²) in [5.41, 5.74) is 8.36. The van der Waals surface area contributed by atoms with Crippen LogP contribution in [0.15, 0.2) is 30.9 Å². The highest BCUT2D eigenvalue weighted by atomic mass is 14.9. The summed E-state index contributed by atoms with van der Waals surface area (Å²) < 4.78 is 0. The molecule has 5 nitrogen and oxygen atoms in total. The molecule has 0 aliphatic carbocycles. The van der Waals surface area contributed by atoms with E-state index >= 15 is 0 Å². The van der Waals surface area contributed by atoms with Gasteiger partial charge in [-0.3, -0.25) is 15.0 Å². The van der Waals surface area contributed by atoms with Crippen LogP contribution in [0.3, 0.4) is 0 Å². The first-order chi connectivity index (χ1) is 15.8. The summed E-state index contributed by atoms with van der Waals surface area (Å²) in [6.45, 7) is 29.6. The zero-order valence-electron chi connectivity index (χ0n) is 24.6. The van der Waals surface area contributed by atoms with E-state index in [0.29, 0.717) is 0 Å². The number of pyridine rings is 1. The van der Waals surface area contributed by atoms with Crippen LogP contribution in [0, 0.1) is 34.6 Å². The van der Waals surface area contributed by atoms with Gasteiger partial charge in [0.05, 0.1) is 11.4 Å². The minimum absolute atomic E-state index is 0. The van der Waals surface area contributed by atoms with Gasteiger partial charge < -0.3 is 0 Å². The average Bonchev–Trinajstić information content (AvgIpc) is 2.71. The molecular weight excluding hydrogens is 442 g/mol. The fourth-order valence-electron chi connectivity index (χ4n) is 3.07. The van der Waals surface area contributed by atoms with Gasteiger partial charge in [0, 0.05) is 47.0 Å². The first-order valence-electron chi connectivity index (χ1n) is 12.4. The Labute approximate surface area is 221 Å². The van der Waals surface area contributed by atoms with Crippen LogP contribution in [0.5, 0.6) is 0 Å². The van der Waals surface area contributed by atoms with Crippen molar-refractivity contribution in [1.29, 1.82) is 0 Å². The Morgan fingerprint density at radius 3 is 1.53 bits per heavy atom. The number of nitrogens with zero attached hydrogens (tertiary/aromatic N) is 5. The van der Waals surface area contributed by atoms with Crippen LogP contribution in [-0.2, 0) is 16.2 Å². The van der Waals surface area contributed by atoms with Crippen molar-refractivity contribution in [2.45, 2.75) is 121 Å². The smallest absolute Gasteiger partial charge is 0.133 e. The van der Waals surface area contributed by atoms with Crippen molar-refractivity contribution in [2.75, 3.05) is 0 Å². The minimum atomic E-state index is 0. The monoisotopic (exact) mass is 493 g/mol. The lowest BCUT2D eigenvalue weighted by Gasteiger charge is -2.21. The lowest BCUT2D eigenvalue weighted by atomic mass is 9.85. The van der Waals surface area contributed by atoms with Gasteiger partial charge in [-0.2, -0.15) is 0 Å². The van der Waals surface area contributed by atoms with Gasteiger partial charge in [-0.05, 0) is 56.7 Å². The molecule has 0 amide bonds. The van der Waals surface area contributed by atoms with Crippen LogP contribution in [-0.4, -0.2) is 24.9 Å². The standard InChI is InChI=1S/C11H17N.C10H16N2.C9H14N2.CH4/c1-8-6-10(11(3,4)5)9(2)12-7-8;1-7-6-11-9(10(3,4)5)12-8(7)2;1-7-5-11-8(6-10-7)9(2,3)4;/h6-7H,1-5H3;6H,1-5H3;5-6H,1-4H3;1H4. The van der Waals surface area contributed by atoms with Gasteiger partial charge in [0.2, 0.25) is 0 Å². The lowest BCUT2D eigenvalue weighted by Crippen LogP contribution is -2.16. The summed E-state index contributed by atoms with van der Waals surface area (Å²) in [6, 6.07) is 2.22. The molecule has 0 fully saturated rings. The van der Waals surface area contributed by atoms with Crippen LogP contribution in [0.4, 0.5) is 0 Å². The molecule has 3 rings (SSSR count). The lowest BCUT2D eigenvalue weighted by molar-refractivity contribution is 0.542. The summed E-state index contributed by atoms with van der Waals surface area (Å²) in [4.78, 5) is 21.5. The van der Waals surface area contributed by atoms with Gasteiger partial charge >= 0.3 is 0 Å². The van der Waals surface area contributed by atoms with E-state index in [1.165, 1.54) is 11.1 Å². The molecular formula is C31H51N5. The quantitative estimate of drug-likeness (QED) is 0.316. The van der Waals surface area contributed by atoms with Crippen molar-refractivity contribution in [3.05, 3.63) is 76.1 Å². The van der Waals surface area contributed by atoms with E-state index in [0.717, 1.165) is 34.2 Å². The van der Waals surface area contributed by atoms with Crippen molar-refractivity contribution in [1.82, 2.24) is 24.9 Å². The third-order valence-corrected chi connectivity index (χ3v) is 5.48. The van der Waals surface area contributed by atoms with Gasteiger partial charge in [0.1, 0.15) is 5.82 Å². The van der Waals surface area contributed by atoms with Gasteiger partial charge in [-0.15, -0.1) is 0 Å². The van der Waals surface area contributed by atoms with Crippen LogP contribution < -0.4 is 0 Å². The van der Waals surface area contributed by atoms with Crippen LogP contribution >= 0.6 is 0 Å². The van der Waals surface area contributed by atoms with Crippen molar-refractivity contribution < 1.29 is 0 Å². The zero-order chi connectivity index (χ0) is 27.2. The fraction of sp³-hybridized carbons (Fsp3) is 0.581. The summed E-state index contributed by atoms with van der Waals surface area (Å²) in [5, 5.41) is 0. The van der Waals surface area contributed by atoms with E-state index in [1.807, 2.05) is 39.4 Å². The Morgan fingerprint density at radius 1 is 0.556 bits per heavy atom. The Kier molecular flexibility index (Phi) is 12.1. The van der Waals surface area contributed by atoms with E-state index in [2.05, 4.69) is 107 Å². The molecule has 0 N–H and O–H groups in total. The number of hydrogen-bond acceptors (Lipinski definition) is 5. The van der Waals surface area contributed by atoms with Crippen LogP contribution in [0.2, 0.25) is 0 Å². The number of aromatic nitrogens is 5. The predicted molar refractivity (Wildman–Crippen MR) is 155 cm³/mol. The molecule has 0 saturated heterocycles. The predicted octanol–water partition coefficient (Wildman–Crippen LogP) is 8.11. The van der Waals surface area contributed by atoms with Crippen molar-refractivity contribution >= 4 is 0 Å². The molecule has 3 aromatic heterocycles. The topological polar surface area (TPSA) is 64.5 Å². The number of hydrogen-bond donors (Lipinski definition) is 0. The molecule has 3 heterocycles. The summed E-state index contributed by atoms with van der Waals surface area (Å²) in [5.74, 6) is 0.922. The highest BCUT2D eigenvalue weighted by Crippen LogP contribution is 2.24. The molecule has 0 saturated carbocycles. The molecule has 0 radical (unpaired) electrons. The maximum atomic E-state index is 4.43. The van der Waals surface area contributed by atoms with Crippen LogP contribution in [0.25, 0.3) is 0 Å². The van der Waals surface area contributed by atoms with E-state index in [1.54, 1.807) is 6.20 Å². The molecule has 5 heteroatoms. The van der Waals surface area contributed by atoms with E-state index in [9.17, 15) is 0 Å². The van der Waals surface area contributed by atoms with E-state index < -0.39 is 0 Å². The Morgan fingerprint density at radius 2 is 1.14 bits per heavy atom. The van der Waals surface area contributed by atoms with Gasteiger partial charge in [-0.1, -0.05) is 75.8 Å². The molecule has 36 heavy (non-hydrogen) atoms. The minimum Gasteiger partial charge on any atom is -0.261 e. The average molecular weight is 494 g/mol. The number of rotatable bonds is 0. The van der Waals surface area contributed by atoms with E-state index in [-0.39, 0.29) is 23.7 Å². The SMILES string of the molecule is C.Cc1cnc(C(C)(C)C)cn1.Cc1cnc(C(C)(C)C)nc1C.Cc1cnc(C)c(C(C)(C)C)c1. The summed E-state index contributed by atoms with van der Waals surface area (Å²) in [6.07, 6.45) is 7.46. The highest BCUT2D eigenvalue weighted by molar-refractivity contribution is 5.29. The van der Waals surface area contributed by atoms with Crippen molar-refractivity contribution in [2.24, 2.45) is 0 Å². The molecule has 0 spiro atoms. The Balaban J connectivity index is 0.000000504. The van der Waals surface area contributed by atoms with Gasteiger partial charge in [0.15, 0.2) is 0 Å². The molecule has 0 aliphatic heterocycles. The second kappa shape index (κ2) is 13.0. The zero-order valence-corrected chi connectivity index (χ0v) is 24.6. The first kappa shape index (κ1) is 33.3. The normalized spacial score (nSPS) is 11.4. The second-order valence-electron chi connectivity index (χ2n) is 12.4. The molecule has 200 valence electrons. The molecule has 3 aromatic rings. The third kappa shape index (κ3) is 10.9. The molecule has 0 unspecified atom stereocenters. The first-order valence-corrected chi connectivity index (χ1v) is 12.4.